The van der Waals surface area contributed by atoms with Crippen molar-refractivity contribution in [3.05, 3.63) is 0 Å². The van der Waals surface area contributed by atoms with Gasteiger partial charge in [-0.3, -0.25) is 0 Å². The molecule has 1 heterocycles. The molecule has 0 N–H and O–H groups in total. The first-order chi connectivity index (χ1) is 5.17. The molecule has 11 heavy (non-hydrogen) atoms. The van der Waals surface area contributed by atoms with Crippen molar-refractivity contribution in [2.75, 3.05) is 13.2 Å². The molecule has 0 aliphatic carbocycles. The Morgan fingerprint density at radius 2 is 2.00 bits per heavy atom. The number of hydrogen-bond donors (Lipinski definition) is 0. The van der Waals surface area contributed by atoms with Crippen LogP contribution in [-0.2, 0) is 4.74 Å². The van der Waals surface area contributed by atoms with Crippen molar-refractivity contribution in [3.8, 4) is 0 Å². The quantitative estimate of drug-likeness (QED) is 0.582. The number of ether oxygens (including phenoxy) is 1. The monoisotopic (exact) mass is 166 g/mol. The minimum absolute atomic E-state index is 0.226. The molecule has 1 atom stereocenters. The van der Waals surface area contributed by atoms with Crippen LogP contribution in [-0.4, -0.2) is 19.1 Å². The van der Waals surface area contributed by atoms with E-state index in [0.717, 1.165) is 0 Å². The summed E-state index contributed by atoms with van der Waals surface area (Å²) in [4.78, 5) is 0. The fourth-order valence-electron chi connectivity index (χ4n) is 0.994. The average Bonchev–Trinajstić information content (AvgIpc) is 2.33. The maximum absolute atomic E-state index is 12.5. The molecule has 1 saturated heterocycles. The lowest BCUT2D eigenvalue weighted by atomic mass is 10.0. The van der Waals surface area contributed by atoms with Gasteiger partial charge in [-0.25, -0.2) is 8.78 Å². The van der Waals surface area contributed by atoms with Crippen LogP contribution in [0.5, 0.6) is 0 Å². The number of rotatable bonds is 1. The Balaban J connectivity index is 0.000000461. The van der Waals surface area contributed by atoms with Crippen molar-refractivity contribution in [2.24, 2.45) is 5.92 Å². The smallest absolute Gasteiger partial charge is 0.275 e. The molecule has 1 aliphatic heterocycles. The molecular formula is C8H16F2O. The molecule has 1 unspecified atom stereocenters. The summed E-state index contributed by atoms with van der Waals surface area (Å²) in [5.41, 5.74) is 0. The minimum Gasteiger partial charge on any atom is -0.375 e. The normalized spacial score (nSPS) is 27.5. The molecule has 1 rings (SSSR count). The molecule has 0 aromatic rings. The lowest BCUT2D eigenvalue weighted by Crippen LogP contribution is -2.25. The summed E-state index contributed by atoms with van der Waals surface area (Å²) >= 11 is 0. The highest BCUT2D eigenvalue weighted by atomic mass is 19.3. The molecule has 0 amide bonds. The second kappa shape index (κ2) is 4.65. The van der Waals surface area contributed by atoms with Gasteiger partial charge in [0.05, 0.1) is 6.61 Å². The summed E-state index contributed by atoms with van der Waals surface area (Å²) in [6, 6.07) is 0. The van der Waals surface area contributed by atoms with Gasteiger partial charge in [-0.1, -0.05) is 20.8 Å². The number of alkyl halides is 2. The third kappa shape index (κ3) is 2.73. The Hall–Kier alpha value is -0.180. The van der Waals surface area contributed by atoms with Crippen LogP contribution < -0.4 is 0 Å². The predicted molar refractivity (Wildman–Crippen MR) is 40.9 cm³/mol. The third-order valence-electron chi connectivity index (χ3n) is 1.70. The first kappa shape index (κ1) is 10.8. The van der Waals surface area contributed by atoms with E-state index >= 15 is 0 Å². The third-order valence-corrected chi connectivity index (χ3v) is 1.70. The van der Waals surface area contributed by atoms with Gasteiger partial charge in [0.1, 0.15) is 6.61 Å². The molecule has 1 fully saturated rings. The molecule has 0 aromatic carbocycles. The molecule has 0 saturated carbocycles. The molecule has 1 nitrogen and oxygen atoms in total. The zero-order valence-electron chi connectivity index (χ0n) is 7.36. The van der Waals surface area contributed by atoms with E-state index in [9.17, 15) is 8.78 Å². The predicted octanol–water partition coefficient (Wildman–Crippen LogP) is 2.70. The summed E-state index contributed by atoms with van der Waals surface area (Å²) in [5, 5.41) is 0. The summed E-state index contributed by atoms with van der Waals surface area (Å²) in [6.07, 6.45) is 0.507. The number of halogens is 2. The van der Waals surface area contributed by atoms with Crippen molar-refractivity contribution in [3.63, 3.8) is 0 Å². The highest BCUT2D eigenvalue weighted by Gasteiger charge is 2.43. The van der Waals surface area contributed by atoms with E-state index in [1.54, 1.807) is 6.92 Å². The Kier molecular flexibility index (Phi) is 4.57. The van der Waals surface area contributed by atoms with E-state index in [1.807, 2.05) is 13.8 Å². The highest BCUT2D eigenvalue weighted by Crippen LogP contribution is 2.32. The van der Waals surface area contributed by atoms with Gasteiger partial charge in [-0.15, -0.1) is 0 Å². The van der Waals surface area contributed by atoms with Crippen LogP contribution in [0.2, 0.25) is 0 Å². The summed E-state index contributed by atoms with van der Waals surface area (Å²) in [7, 11) is 0. The van der Waals surface area contributed by atoms with Crippen molar-refractivity contribution in [1.29, 1.82) is 0 Å². The number of hydrogen-bond acceptors (Lipinski definition) is 1. The van der Waals surface area contributed by atoms with E-state index < -0.39 is 11.8 Å². The summed E-state index contributed by atoms with van der Waals surface area (Å²) in [6.45, 7) is 5.60. The second-order valence-electron chi connectivity index (χ2n) is 2.38. The van der Waals surface area contributed by atoms with Crippen LogP contribution in [0.15, 0.2) is 0 Å². The maximum Gasteiger partial charge on any atom is 0.275 e. The largest absolute Gasteiger partial charge is 0.375 e. The average molecular weight is 166 g/mol. The summed E-state index contributed by atoms with van der Waals surface area (Å²) < 4.78 is 29.6. The second-order valence-corrected chi connectivity index (χ2v) is 2.38. The van der Waals surface area contributed by atoms with Crippen molar-refractivity contribution < 1.29 is 13.5 Å². The van der Waals surface area contributed by atoms with Gasteiger partial charge >= 0.3 is 0 Å². The van der Waals surface area contributed by atoms with Crippen LogP contribution in [0, 0.1) is 5.92 Å². The van der Waals surface area contributed by atoms with Gasteiger partial charge in [-0.2, -0.15) is 0 Å². The molecular weight excluding hydrogens is 150 g/mol. The van der Waals surface area contributed by atoms with E-state index in [1.165, 1.54) is 0 Å². The van der Waals surface area contributed by atoms with E-state index in [4.69, 9.17) is 0 Å². The van der Waals surface area contributed by atoms with E-state index in [0.29, 0.717) is 6.42 Å². The van der Waals surface area contributed by atoms with Gasteiger partial charge in [0, 0.05) is 5.92 Å². The Morgan fingerprint density at radius 3 is 2.18 bits per heavy atom. The molecule has 0 bridgehead atoms. The SMILES string of the molecule is CC.CCC1COCC1(F)F. The Bertz CT molecular complexity index is 104. The van der Waals surface area contributed by atoms with Crippen LogP contribution in [0.3, 0.4) is 0 Å². The topological polar surface area (TPSA) is 9.23 Å². The zero-order chi connectivity index (χ0) is 8.91. The van der Waals surface area contributed by atoms with Gasteiger partial charge in [-0.05, 0) is 6.42 Å². The molecule has 68 valence electrons. The first-order valence-corrected chi connectivity index (χ1v) is 4.12. The first-order valence-electron chi connectivity index (χ1n) is 4.12. The van der Waals surface area contributed by atoms with Crippen LogP contribution in [0.25, 0.3) is 0 Å². The Labute approximate surface area is 66.7 Å². The standard InChI is InChI=1S/C6H10F2O.C2H6/c1-2-5-3-9-4-6(5,7)8;1-2/h5H,2-4H2,1H3;1-2H3. The fourth-order valence-corrected chi connectivity index (χ4v) is 0.994. The van der Waals surface area contributed by atoms with Crippen LogP contribution in [0.1, 0.15) is 27.2 Å². The summed E-state index contributed by atoms with van der Waals surface area (Å²) in [5.74, 6) is -3.10. The van der Waals surface area contributed by atoms with Crippen molar-refractivity contribution >= 4 is 0 Å². The highest BCUT2D eigenvalue weighted by molar-refractivity contribution is 4.80. The lowest BCUT2D eigenvalue weighted by Gasteiger charge is -2.13. The fraction of sp³-hybridized carbons (Fsp3) is 1.00. The zero-order valence-corrected chi connectivity index (χ0v) is 7.36. The van der Waals surface area contributed by atoms with Gasteiger partial charge in [0.25, 0.3) is 5.92 Å². The van der Waals surface area contributed by atoms with E-state index in [2.05, 4.69) is 4.74 Å². The maximum atomic E-state index is 12.5. The van der Waals surface area contributed by atoms with Crippen LogP contribution >= 0.6 is 0 Å². The molecule has 3 heteroatoms. The van der Waals surface area contributed by atoms with Crippen LogP contribution in [0.4, 0.5) is 8.78 Å². The van der Waals surface area contributed by atoms with E-state index in [-0.39, 0.29) is 13.2 Å². The van der Waals surface area contributed by atoms with Crippen molar-refractivity contribution in [1.82, 2.24) is 0 Å². The molecule has 0 spiro atoms. The van der Waals surface area contributed by atoms with Crippen molar-refractivity contribution in [2.45, 2.75) is 33.1 Å². The lowest BCUT2D eigenvalue weighted by molar-refractivity contribution is -0.0373. The van der Waals surface area contributed by atoms with Gasteiger partial charge < -0.3 is 4.74 Å². The molecule has 1 aliphatic rings. The minimum atomic E-state index is -2.56. The van der Waals surface area contributed by atoms with Gasteiger partial charge in [0.15, 0.2) is 0 Å². The molecule has 0 radical (unpaired) electrons. The Morgan fingerprint density at radius 1 is 1.45 bits per heavy atom. The molecule has 0 aromatic heterocycles. The van der Waals surface area contributed by atoms with Gasteiger partial charge in [0.2, 0.25) is 0 Å².